The molecule has 0 amide bonds. The number of fused-ring (bicyclic) bond motifs is 3. The zero-order valence-corrected chi connectivity index (χ0v) is 15.5. The topological polar surface area (TPSA) is 64.0 Å². The number of ketones is 1. The Bertz CT molecular complexity index is 1110. The van der Waals surface area contributed by atoms with Crippen molar-refractivity contribution in [3.63, 3.8) is 0 Å². The minimum absolute atomic E-state index is 0.144. The van der Waals surface area contributed by atoms with E-state index in [9.17, 15) is 15.0 Å². The highest BCUT2D eigenvalue weighted by molar-refractivity contribution is 7.80. The highest BCUT2D eigenvalue weighted by Crippen LogP contribution is 2.55. The van der Waals surface area contributed by atoms with Gasteiger partial charge in [0.2, 0.25) is 11.5 Å². The molecule has 1 saturated heterocycles. The van der Waals surface area contributed by atoms with Crippen molar-refractivity contribution in [1.82, 2.24) is 0 Å². The van der Waals surface area contributed by atoms with Crippen LogP contribution in [0.15, 0.2) is 84.9 Å². The molecule has 1 aliphatic carbocycles. The van der Waals surface area contributed by atoms with Crippen LogP contribution >= 0.6 is 12.2 Å². The van der Waals surface area contributed by atoms with E-state index in [1.165, 1.54) is 9.80 Å². The molecule has 2 aliphatic rings. The lowest BCUT2D eigenvalue weighted by Crippen LogP contribution is -2.60. The molecule has 0 bridgehead atoms. The van der Waals surface area contributed by atoms with Gasteiger partial charge in [0, 0.05) is 22.5 Å². The van der Waals surface area contributed by atoms with Crippen LogP contribution in [0.1, 0.15) is 15.9 Å². The predicted molar refractivity (Wildman–Crippen MR) is 110 cm³/mol. The van der Waals surface area contributed by atoms with E-state index in [1.54, 1.807) is 60.7 Å². The summed E-state index contributed by atoms with van der Waals surface area (Å²) in [7, 11) is 0. The van der Waals surface area contributed by atoms with Gasteiger partial charge in [0.25, 0.3) is 5.72 Å². The van der Waals surface area contributed by atoms with Crippen molar-refractivity contribution in [2.24, 2.45) is 0 Å². The second-order valence-corrected chi connectivity index (χ2v) is 7.21. The second-order valence-electron chi connectivity index (χ2n) is 6.84. The third-order valence-corrected chi connectivity index (χ3v) is 5.77. The number of para-hydroxylation sites is 2. The number of nitrogens with zero attached hydrogens (tertiary/aromatic N) is 2. The molecule has 2 N–H and O–H groups in total. The molecule has 1 fully saturated rings. The number of aliphatic hydroxyl groups is 2. The first-order valence-electron chi connectivity index (χ1n) is 8.85. The summed E-state index contributed by atoms with van der Waals surface area (Å²) >= 11 is 5.69. The lowest BCUT2D eigenvalue weighted by Gasteiger charge is -2.37. The number of carbonyl (C=O) groups excluding carboxylic acids is 1. The standard InChI is InChI=1S/C22H16N2O3S/c25-19-17-13-7-8-14-18(17)21(26)22(19,27)24(16-11-5-2-6-12-16)20(28)23(21)15-9-3-1-4-10-15/h1-14,26-27H. The Balaban J connectivity index is 1.84. The smallest absolute Gasteiger partial charge is 0.263 e. The van der Waals surface area contributed by atoms with Crippen LogP contribution in [0, 0.1) is 0 Å². The van der Waals surface area contributed by atoms with E-state index in [0.717, 1.165) is 0 Å². The summed E-state index contributed by atoms with van der Waals surface area (Å²) in [5, 5.41) is 23.9. The van der Waals surface area contributed by atoms with Crippen molar-refractivity contribution in [1.29, 1.82) is 0 Å². The van der Waals surface area contributed by atoms with Gasteiger partial charge in [-0.3, -0.25) is 14.6 Å². The molecular weight excluding hydrogens is 372 g/mol. The van der Waals surface area contributed by atoms with E-state index in [4.69, 9.17) is 12.2 Å². The van der Waals surface area contributed by atoms with Gasteiger partial charge < -0.3 is 10.2 Å². The number of benzene rings is 3. The van der Waals surface area contributed by atoms with Crippen molar-refractivity contribution in [3.05, 3.63) is 96.1 Å². The Labute approximate surface area is 167 Å². The highest BCUT2D eigenvalue weighted by Gasteiger charge is 2.75. The molecule has 1 heterocycles. The Kier molecular flexibility index (Phi) is 3.49. The summed E-state index contributed by atoms with van der Waals surface area (Å²) in [4.78, 5) is 16.2. The van der Waals surface area contributed by atoms with Crippen molar-refractivity contribution in [3.8, 4) is 0 Å². The van der Waals surface area contributed by atoms with Gasteiger partial charge in [-0.05, 0) is 36.5 Å². The summed E-state index contributed by atoms with van der Waals surface area (Å²) in [6.07, 6.45) is 0. The van der Waals surface area contributed by atoms with E-state index in [1.807, 2.05) is 24.3 Å². The molecule has 2 atom stereocenters. The van der Waals surface area contributed by atoms with Gasteiger partial charge in [0.1, 0.15) is 0 Å². The summed E-state index contributed by atoms with van der Waals surface area (Å²) in [6, 6.07) is 24.6. The zero-order valence-electron chi connectivity index (χ0n) is 14.7. The first kappa shape index (κ1) is 17.1. The molecule has 5 rings (SSSR count). The average Bonchev–Trinajstić information content (AvgIpc) is 3.02. The maximum atomic E-state index is 13.4. The molecule has 138 valence electrons. The van der Waals surface area contributed by atoms with Gasteiger partial charge in [0.05, 0.1) is 0 Å². The number of hydrogen-bond acceptors (Lipinski definition) is 4. The third kappa shape index (κ3) is 1.87. The fourth-order valence-electron chi connectivity index (χ4n) is 4.18. The third-order valence-electron chi connectivity index (χ3n) is 5.41. The molecule has 0 radical (unpaired) electrons. The second kappa shape index (κ2) is 5.72. The van der Waals surface area contributed by atoms with Crippen LogP contribution in [0.2, 0.25) is 0 Å². The molecule has 5 nitrogen and oxygen atoms in total. The van der Waals surface area contributed by atoms with Crippen LogP contribution in [0.4, 0.5) is 11.4 Å². The molecule has 0 spiro atoms. The van der Waals surface area contributed by atoms with E-state index in [-0.39, 0.29) is 10.7 Å². The van der Waals surface area contributed by atoms with Crippen molar-refractivity contribution < 1.29 is 15.0 Å². The maximum Gasteiger partial charge on any atom is 0.263 e. The van der Waals surface area contributed by atoms with Crippen molar-refractivity contribution >= 4 is 34.5 Å². The molecule has 0 saturated carbocycles. The fourth-order valence-corrected chi connectivity index (χ4v) is 4.65. The monoisotopic (exact) mass is 388 g/mol. The van der Waals surface area contributed by atoms with E-state index in [0.29, 0.717) is 16.9 Å². The minimum Gasteiger partial charge on any atom is -0.362 e. The Morgan fingerprint density at radius 2 is 1.14 bits per heavy atom. The maximum absolute atomic E-state index is 13.4. The SMILES string of the molecule is O=C1c2ccccc2C2(O)N(c3ccccc3)C(=S)N(c3ccccc3)C12O. The molecule has 2 unspecified atom stereocenters. The van der Waals surface area contributed by atoms with Crippen LogP contribution < -0.4 is 9.80 Å². The molecular formula is C22H16N2O3S. The van der Waals surface area contributed by atoms with Gasteiger partial charge in [-0.15, -0.1) is 0 Å². The van der Waals surface area contributed by atoms with E-state index < -0.39 is 17.2 Å². The normalized spacial score (nSPS) is 25.8. The number of hydrogen-bond donors (Lipinski definition) is 2. The van der Waals surface area contributed by atoms with Crippen molar-refractivity contribution in [2.45, 2.75) is 11.4 Å². The molecule has 28 heavy (non-hydrogen) atoms. The molecule has 1 aliphatic heterocycles. The number of thiocarbonyl (C=S) groups is 1. The Morgan fingerprint density at radius 1 is 0.679 bits per heavy atom. The Hall–Kier alpha value is -3.06. The van der Waals surface area contributed by atoms with E-state index in [2.05, 4.69) is 0 Å². The summed E-state index contributed by atoms with van der Waals surface area (Å²) in [6.45, 7) is 0. The highest BCUT2D eigenvalue weighted by atomic mass is 32.1. The van der Waals surface area contributed by atoms with Crippen molar-refractivity contribution in [2.75, 3.05) is 9.80 Å². The lowest BCUT2D eigenvalue weighted by molar-refractivity contribution is -0.0981. The largest absolute Gasteiger partial charge is 0.362 e. The number of carbonyl (C=O) groups is 1. The van der Waals surface area contributed by atoms with Gasteiger partial charge in [-0.1, -0.05) is 60.7 Å². The first-order valence-corrected chi connectivity index (χ1v) is 9.25. The number of anilines is 2. The van der Waals surface area contributed by atoms with Crippen LogP contribution in [0.5, 0.6) is 0 Å². The summed E-state index contributed by atoms with van der Waals surface area (Å²) < 4.78 is 0. The van der Waals surface area contributed by atoms with Gasteiger partial charge in [-0.25, -0.2) is 0 Å². The summed E-state index contributed by atoms with van der Waals surface area (Å²) in [5.74, 6) is -0.588. The van der Waals surface area contributed by atoms with Gasteiger partial charge in [-0.2, -0.15) is 0 Å². The summed E-state index contributed by atoms with van der Waals surface area (Å²) in [5.41, 5.74) is -2.65. The number of Topliss-reactive ketones (excluding diaryl/α,β-unsaturated/α-hetero) is 1. The first-order chi connectivity index (χ1) is 13.5. The molecule has 3 aromatic rings. The van der Waals surface area contributed by atoms with Gasteiger partial charge >= 0.3 is 0 Å². The van der Waals surface area contributed by atoms with Crippen LogP contribution in [-0.2, 0) is 5.72 Å². The molecule has 0 aromatic heterocycles. The van der Waals surface area contributed by atoms with E-state index >= 15 is 0 Å². The quantitative estimate of drug-likeness (QED) is 0.658. The Morgan fingerprint density at radius 3 is 1.71 bits per heavy atom. The molecule has 3 aromatic carbocycles. The van der Waals surface area contributed by atoms with Gasteiger partial charge in [0.15, 0.2) is 5.11 Å². The lowest BCUT2D eigenvalue weighted by atomic mass is 9.97. The van der Waals surface area contributed by atoms with Crippen LogP contribution in [0.25, 0.3) is 0 Å². The fraction of sp³-hybridized carbons (Fsp3) is 0.0909. The van der Waals surface area contributed by atoms with Crippen LogP contribution in [0.3, 0.4) is 0 Å². The average molecular weight is 388 g/mol. The zero-order chi connectivity index (χ0) is 19.5. The predicted octanol–water partition coefficient (Wildman–Crippen LogP) is 3.03. The van der Waals surface area contributed by atoms with Crippen LogP contribution in [-0.4, -0.2) is 26.8 Å². The number of rotatable bonds is 2. The minimum atomic E-state index is -2.29. The molecule has 6 heteroatoms.